The summed E-state index contributed by atoms with van der Waals surface area (Å²) in [5.74, 6) is 0.895. The second kappa shape index (κ2) is 7.10. The Labute approximate surface area is 110 Å². The summed E-state index contributed by atoms with van der Waals surface area (Å²) in [6.07, 6.45) is 6.37. The first-order valence-corrected chi connectivity index (χ1v) is 7.56. The maximum atomic E-state index is 12.6. The van der Waals surface area contributed by atoms with Crippen molar-refractivity contribution in [2.24, 2.45) is 5.92 Å². The van der Waals surface area contributed by atoms with Gasteiger partial charge in [-0.1, -0.05) is 26.2 Å². The van der Waals surface area contributed by atoms with Gasteiger partial charge in [-0.25, -0.2) is 0 Å². The Morgan fingerprint density at radius 3 is 2.56 bits per heavy atom. The van der Waals surface area contributed by atoms with Crippen molar-refractivity contribution >= 4 is 5.91 Å². The third kappa shape index (κ3) is 3.45. The third-order valence-electron chi connectivity index (χ3n) is 4.24. The molecule has 0 aromatic rings. The lowest BCUT2D eigenvalue weighted by molar-refractivity contribution is -0.135. The fourth-order valence-corrected chi connectivity index (χ4v) is 3.22. The van der Waals surface area contributed by atoms with Crippen LogP contribution in [0.5, 0.6) is 0 Å². The Hall–Kier alpha value is -0.610. The molecule has 1 atom stereocenters. The van der Waals surface area contributed by atoms with Crippen LogP contribution in [0.1, 0.15) is 39.0 Å². The van der Waals surface area contributed by atoms with Gasteiger partial charge >= 0.3 is 0 Å². The average molecular weight is 253 g/mol. The van der Waals surface area contributed by atoms with Crippen LogP contribution in [0.25, 0.3) is 0 Å². The van der Waals surface area contributed by atoms with Crippen LogP contribution >= 0.6 is 0 Å². The first-order valence-electron chi connectivity index (χ1n) is 7.56. The molecule has 2 aliphatic rings. The number of amides is 1. The molecule has 1 aliphatic heterocycles. The number of hydrogen-bond acceptors (Lipinski definition) is 3. The Bertz CT molecular complexity index is 258. The van der Waals surface area contributed by atoms with Gasteiger partial charge in [0.2, 0.25) is 5.91 Å². The van der Waals surface area contributed by atoms with Crippen LogP contribution < -0.4 is 10.6 Å². The van der Waals surface area contributed by atoms with Crippen LogP contribution in [-0.2, 0) is 4.79 Å². The van der Waals surface area contributed by atoms with E-state index in [2.05, 4.69) is 17.6 Å². The maximum Gasteiger partial charge on any atom is 0.240 e. The van der Waals surface area contributed by atoms with Gasteiger partial charge in [0, 0.05) is 26.2 Å². The predicted molar refractivity (Wildman–Crippen MR) is 73.5 cm³/mol. The van der Waals surface area contributed by atoms with E-state index in [0.29, 0.717) is 11.8 Å². The summed E-state index contributed by atoms with van der Waals surface area (Å²) in [6, 6.07) is 0.0633. The van der Waals surface area contributed by atoms with Crippen molar-refractivity contribution in [1.29, 1.82) is 0 Å². The molecule has 2 rings (SSSR count). The molecule has 0 unspecified atom stereocenters. The standard InChI is InChI=1S/C14H27N3O/c1-2-16-13(12-6-4-3-5-7-12)14(18)17-10-8-15-9-11-17/h12-13,15-16H,2-11H2,1H3/t13-/m0/s1. The summed E-state index contributed by atoms with van der Waals surface area (Å²) < 4.78 is 0. The summed E-state index contributed by atoms with van der Waals surface area (Å²) in [5, 5.41) is 6.74. The lowest BCUT2D eigenvalue weighted by Gasteiger charge is -2.35. The van der Waals surface area contributed by atoms with Crippen molar-refractivity contribution in [2.75, 3.05) is 32.7 Å². The molecule has 0 radical (unpaired) electrons. The van der Waals surface area contributed by atoms with E-state index in [0.717, 1.165) is 32.7 Å². The molecule has 1 amide bonds. The smallest absolute Gasteiger partial charge is 0.240 e. The fraction of sp³-hybridized carbons (Fsp3) is 0.929. The van der Waals surface area contributed by atoms with Crippen LogP contribution in [0, 0.1) is 5.92 Å². The summed E-state index contributed by atoms with van der Waals surface area (Å²) >= 11 is 0. The van der Waals surface area contributed by atoms with Gasteiger partial charge in [0.1, 0.15) is 0 Å². The highest BCUT2D eigenvalue weighted by molar-refractivity contribution is 5.82. The zero-order valence-corrected chi connectivity index (χ0v) is 11.6. The first kappa shape index (κ1) is 13.8. The van der Waals surface area contributed by atoms with Gasteiger partial charge in [0.15, 0.2) is 0 Å². The number of nitrogens with zero attached hydrogens (tertiary/aromatic N) is 1. The molecule has 2 N–H and O–H groups in total. The molecule has 4 heteroatoms. The highest BCUT2D eigenvalue weighted by Gasteiger charge is 2.32. The summed E-state index contributed by atoms with van der Waals surface area (Å²) in [6.45, 7) is 6.60. The Balaban J connectivity index is 1.96. The van der Waals surface area contributed by atoms with E-state index >= 15 is 0 Å². The van der Waals surface area contributed by atoms with Gasteiger partial charge in [-0.05, 0) is 25.3 Å². The molecule has 1 saturated carbocycles. The molecule has 0 bridgehead atoms. The van der Waals surface area contributed by atoms with Gasteiger partial charge in [0.25, 0.3) is 0 Å². The number of piperazine rings is 1. The van der Waals surface area contributed by atoms with Gasteiger partial charge in [0.05, 0.1) is 6.04 Å². The number of hydrogen-bond donors (Lipinski definition) is 2. The molecule has 1 saturated heterocycles. The Morgan fingerprint density at radius 2 is 1.94 bits per heavy atom. The molecule has 0 aromatic carbocycles. The minimum Gasteiger partial charge on any atom is -0.339 e. The highest BCUT2D eigenvalue weighted by atomic mass is 16.2. The maximum absolute atomic E-state index is 12.6. The number of carbonyl (C=O) groups excluding carboxylic acids is 1. The summed E-state index contributed by atoms with van der Waals surface area (Å²) in [7, 11) is 0. The van der Waals surface area contributed by atoms with E-state index in [9.17, 15) is 4.79 Å². The number of nitrogens with one attached hydrogen (secondary N) is 2. The Kier molecular flexibility index (Phi) is 5.45. The fourth-order valence-electron chi connectivity index (χ4n) is 3.22. The van der Waals surface area contributed by atoms with Gasteiger partial charge in [-0.15, -0.1) is 0 Å². The highest BCUT2D eigenvalue weighted by Crippen LogP contribution is 2.27. The van der Waals surface area contributed by atoms with Crippen molar-refractivity contribution < 1.29 is 4.79 Å². The molecule has 0 spiro atoms. The molecule has 1 aliphatic carbocycles. The predicted octanol–water partition coefficient (Wildman–Crippen LogP) is 0.977. The van der Waals surface area contributed by atoms with E-state index in [1.54, 1.807) is 0 Å². The molecule has 1 heterocycles. The molecular weight excluding hydrogens is 226 g/mol. The minimum atomic E-state index is 0.0633. The zero-order chi connectivity index (χ0) is 12.8. The second-order valence-electron chi connectivity index (χ2n) is 5.51. The van der Waals surface area contributed by atoms with Crippen molar-refractivity contribution in [3.05, 3.63) is 0 Å². The molecule has 0 aromatic heterocycles. The Morgan fingerprint density at radius 1 is 1.28 bits per heavy atom. The lowest BCUT2D eigenvalue weighted by Crippen LogP contribution is -2.55. The molecule has 4 nitrogen and oxygen atoms in total. The van der Waals surface area contributed by atoms with E-state index < -0.39 is 0 Å². The molecule has 2 fully saturated rings. The average Bonchev–Trinajstić information content (AvgIpc) is 2.46. The van der Waals surface area contributed by atoms with Crippen LogP contribution in [0.2, 0.25) is 0 Å². The molecule has 18 heavy (non-hydrogen) atoms. The minimum absolute atomic E-state index is 0.0633. The normalized spacial score (nSPS) is 23.9. The largest absolute Gasteiger partial charge is 0.339 e. The molecule has 104 valence electrons. The van der Waals surface area contributed by atoms with Gasteiger partial charge in [-0.3, -0.25) is 4.79 Å². The SMILES string of the molecule is CCN[C@H](C(=O)N1CCNCC1)C1CCCCC1. The third-order valence-corrected chi connectivity index (χ3v) is 4.24. The van der Waals surface area contributed by atoms with E-state index in [-0.39, 0.29) is 6.04 Å². The van der Waals surface area contributed by atoms with E-state index in [1.807, 2.05) is 4.90 Å². The second-order valence-corrected chi connectivity index (χ2v) is 5.51. The van der Waals surface area contributed by atoms with Gasteiger partial charge in [-0.2, -0.15) is 0 Å². The monoisotopic (exact) mass is 253 g/mol. The summed E-state index contributed by atoms with van der Waals surface area (Å²) in [4.78, 5) is 14.7. The quantitative estimate of drug-likeness (QED) is 0.785. The number of carbonyl (C=O) groups is 1. The van der Waals surface area contributed by atoms with E-state index in [4.69, 9.17) is 0 Å². The topological polar surface area (TPSA) is 44.4 Å². The van der Waals surface area contributed by atoms with Crippen LogP contribution in [0.4, 0.5) is 0 Å². The van der Waals surface area contributed by atoms with Crippen LogP contribution in [0.3, 0.4) is 0 Å². The number of likely N-dealkylation sites (N-methyl/N-ethyl adjacent to an activating group) is 1. The van der Waals surface area contributed by atoms with Crippen molar-refractivity contribution in [2.45, 2.75) is 45.1 Å². The van der Waals surface area contributed by atoms with Crippen molar-refractivity contribution in [1.82, 2.24) is 15.5 Å². The molecular formula is C14H27N3O. The van der Waals surface area contributed by atoms with Crippen molar-refractivity contribution in [3.8, 4) is 0 Å². The van der Waals surface area contributed by atoms with Gasteiger partial charge < -0.3 is 15.5 Å². The summed E-state index contributed by atoms with van der Waals surface area (Å²) in [5.41, 5.74) is 0. The van der Waals surface area contributed by atoms with E-state index in [1.165, 1.54) is 32.1 Å². The number of rotatable bonds is 4. The first-order chi connectivity index (χ1) is 8.83. The van der Waals surface area contributed by atoms with Crippen LogP contribution in [-0.4, -0.2) is 49.6 Å². The lowest BCUT2D eigenvalue weighted by atomic mass is 9.83. The zero-order valence-electron chi connectivity index (χ0n) is 11.6. The van der Waals surface area contributed by atoms with Crippen molar-refractivity contribution in [3.63, 3.8) is 0 Å². The van der Waals surface area contributed by atoms with Crippen LogP contribution in [0.15, 0.2) is 0 Å².